The van der Waals surface area contributed by atoms with Crippen LogP contribution in [0.15, 0.2) is 36.4 Å². The van der Waals surface area contributed by atoms with E-state index in [-0.39, 0.29) is 6.10 Å². The van der Waals surface area contributed by atoms with Crippen molar-refractivity contribution in [3.63, 3.8) is 0 Å². The first-order chi connectivity index (χ1) is 12.0. The van der Waals surface area contributed by atoms with Crippen LogP contribution in [-0.4, -0.2) is 22.6 Å². The van der Waals surface area contributed by atoms with Gasteiger partial charge in [-0.1, -0.05) is 35.3 Å². The Balaban J connectivity index is 1.61. The van der Waals surface area contributed by atoms with Crippen molar-refractivity contribution in [1.29, 1.82) is 0 Å². The zero-order valence-electron chi connectivity index (χ0n) is 14.3. The number of hydrogen-bond donors (Lipinski definition) is 2. The smallest absolute Gasteiger partial charge is 0.142 e. The Morgan fingerprint density at radius 1 is 1.20 bits per heavy atom. The summed E-state index contributed by atoms with van der Waals surface area (Å²) < 4.78 is 5.84. The molecule has 0 bridgehead atoms. The number of fused-ring (bicyclic) bond motifs is 1. The van der Waals surface area contributed by atoms with Crippen molar-refractivity contribution in [1.82, 2.24) is 15.3 Å². The van der Waals surface area contributed by atoms with Gasteiger partial charge in [0.1, 0.15) is 11.6 Å². The first kappa shape index (κ1) is 18.1. The van der Waals surface area contributed by atoms with Crippen LogP contribution in [0.1, 0.15) is 25.2 Å². The highest BCUT2D eigenvalue weighted by Crippen LogP contribution is 2.33. The van der Waals surface area contributed by atoms with Gasteiger partial charge in [0.15, 0.2) is 0 Å². The minimum atomic E-state index is 0.0490. The average Bonchev–Trinajstić information content (AvgIpc) is 2.97. The zero-order valence-corrected chi connectivity index (χ0v) is 15.8. The zero-order chi connectivity index (χ0) is 17.8. The Hall–Kier alpha value is -1.75. The predicted molar refractivity (Wildman–Crippen MR) is 104 cm³/mol. The van der Waals surface area contributed by atoms with Gasteiger partial charge in [-0.3, -0.25) is 0 Å². The SMILES string of the molecule is CC(C)Oc1c(Cl)cc(Cl)cc1CNCCc1nc2ccccc2[nH]1. The molecule has 2 aromatic carbocycles. The summed E-state index contributed by atoms with van der Waals surface area (Å²) >= 11 is 12.4. The van der Waals surface area contributed by atoms with Crippen molar-refractivity contribution in [2.45, 2.75) is 32.9 Å². The molecule has 6 heteroatoms. The molecule has 0 radical (unpaired) electrons. The lowest BCUT2D eigenvalue weighted by Gasteiger charge is -2.16. The Morgan fingerprint density at radius 2 is 2.00 bits per heavy atom. The Labute approximate surface area is 157 Å². The monoisotopic (exact) mass is 377 g/mol. The van der Waals surface area contributed by atoms with E-state index < -0.39 is 0 Å². The summed E-state index contributed by atoms with van der Waals surface area (Å²) in [5.41, 5.74) is 3.01. The number of nitrogens with one attached hydrogen (secondary N) is 2. The van der Waals surface area contributed by atoms with Crippen LogP contribution in [0.25, 0.3) is 11.0 Å². The standard InChI is InChI=1S/C19H21Cl2N3O/c1-12(2)25-19-13(9-14(20)10-15(19)21)11-22-8-7-18-23-16-5-3-4-6-17(16)24-18/h3-6,9-10,12,22H,7-8,11H2,1-2H3,(H,23,24). The van der Waals surface area contributed by atoms with Gasteiger partial charge in [-0.25, -0.2) is 4.98 Å². The molecule has 25 heavy (non-hydrogen) atoms. The van der Waals surface area contributed by atoms with Crippen LogP contribution in [0.5, 0.6) is 5.75 Å². The molecular formula is C19H21Cl2N3O. The van der Waals surface area contributed by atoms with Gasteiger partial charge in [0.2, 0.25) is 0 Å². The minimum absolute atomic E-state index is 0.0490. The molecule has 0 saturated heterocycles. The Kier molecular flexibility index (Phi) is 5.84. The third-order valence-electron chi connectivity index (χ3n) is 3.73. The fourth-order valence-corrected chi connectivity index (χ4v) is 3.25. The molecule has 0 saturated carbocycles. The average molecular weight is 378 g/mol. The largest absolute Gasteiger partial charge is 0.489 e. The summed E-state index contributed by atoms with van der Waals surface area (Å²) in [6.45, 7) is 5.36. The maximum atomic E-state index is 6.28. The second kappa shape index (κ2) is 8.09. The van der Waals surface area contributed by atoms with E-state index in [9.17, 15) is 0 Å². The van der Waals surface area contributed by atoms with Gasteiger partial charge < -0.3 is 15.0 Å². The summed E-state index contributed by atoms with van der Waals surface area (Å²) in [6.07, 6.45) is 0.858. The van der Waals surface area contributed by atoms with Gasteiger partial charge in [-0.15, -0.1) is 0 Å². The Bertz CT molecular complexity index is 828. The molecule has 2 N–H and O–H groups in total. The maximum absolute atomic E-state index is 6.28. The van der Waals surface area contributed by atoms with Gasteiger partial charge in [0.25, 0.3) is 0 Å². The number of benzene rings is 2. The third-order valence-corrected chi connectivity index (χ3v) is 4.23. The van der Waals surface area contributed by atoms with E-state index in [1.165, 1.54) is 0 Å². The summed E-state index contributed by atoms with van der Waals surface area (Å²) in [7, 11) is 0. The van der Waals surface area contributed by atoms with Gasteiger partial charge >= 0.3 is 0 Å². The van der Waals surface area contributed by atoms with E-state index in [2.05, 4.69) is 15.3 Å². The molecule has 0 unspecified atom stereocenters. The molecule has 0 spiro atoms. The molecule has 3 rings (SSSR count). The summed E-state index contributed by atoms with van der Waals surface area (Å²) in [4.78, 5) is 7.91. The predicted octanol–water partition coefficient (Wildman–Crippen LogP) is 4.99. The van der Waals surface area contributed by atoms with E-state index in [0.717, 1.165) is 35.4 Å². The molecule has 1 aromatic heterocycles. The second-order valence-electron chi connectivity index (χ2n) is 6.17. The lowest BCUT2D eigenvalue weighted by atomic mass is 10.2. The summed E-state index contributed by atoms with van der Waals surface area (Å²) in [6, 6.07) is 11.6. The van der Waals surface area contributed by atoms with Crippen molar-refractivity contribution in [3.05, 3.63) is 57.8 Å². The first-order valence-electron chi connectivity index (χ1n) is 8.32. The summed E-state index contributed by atoms with van der Waals surface area (Å²) in [5.74, 6) is 1.66. The molecule has 132 valence electrons. The highest BCUT2D eigenvalue weighted by molar-refractivity contribution is 6.35. The number of rotatable bonds is 7. The minimum Gasteiger partial charge on any atom is -0.489 e. The summed E-state index contributed by atoms with van der Waals surface area (Å²) in [5, 5.41) is 4.55. The number of imidazole rings is 1. The van der Waals surface area contributed by atoms with Gasteiger partial charge in [-0.2, -0.15) is 0 Å². The van der Waals surface area contributed by atoms with Gasteiger partial charge in [0.05, 0.1) is 22.2 Å². The third kappa shape index (κ3) is 4.66. The molecule has 0 amide bonds. The molecule has 0 fully saturated rings. The topological polar surface area (TPSA) is 49.9 Å². The second-order valence-corrected chi connectivity index (χ2v) is 7.01. The molecule has 1 heterocycles. The normalized spacial score (nSPS) is 11.4. The maximum Gasteiger partial charge on any atom is 0.142 e. The van der Waals surface area contributed by atoms with E-state index in [0.29, 0.717) is 22.3 Å². The number of hydrogen-bond acceptors (Lipinski definition) is 3. The van der Waals surface area contributed by atoms with Crippen LogP contribution in [0.3, 0.4) is 0 Å². The number of H-pyrrole nitrogens is 1. The molecule has 0 aliphatic carbocycles. The molecule has 0 atom stereocenters. The van der Waals surface area contributed by atoms with Crippen LogP contribution in [0, 0.1) is 0 Å². The molecule has 3 aromatic rings. The molecular weight excluding hydrogens is 357 g/mol. The highest BCUT2D eigenvalue weighted by Gasteiger charge is 2.12. The van der Waals surface area contributed by atoms with Crippen LogP contribution < -0.4 is 10.1 Å². The number of aromatic amines is 1. The highest BCUT2D eigenvalue weighted by atomic mass is 35.5. The van der Waals surface area contributed by atoms with Crippen molar-refractivity contribution in [3.8, 4) is 5.75 Å². The van der Waals surface area contributed by atoms with E-state index >= 15 is 0 Å². The van der Waals surface area contributed by atoms with Gasteiger partial charge in [0, 0.05) is 30.1 Å². The number of aromatic nitrogens is 2. The van der Waals surface area contributed by atoms with E-state index in [1.54, 1.807) is 6.07 Å². The van der Waals surface area contributed by atoms with Crippen LogP contribution in [0.2, 0.25) is 10.0 Å². The molecule has 0 aliphatic rings. The molecule has 0 aliphatic heterocycles. The van der Waals surface area contributed by atoms with Crippen LogP contribution in [-0.2, 0) is 13.0 Å². The number of para-hydroxylation sites is 2. The number of ether oxygens (including phenoxy) is 1. The van der Waals surface area contributed by atoms with Crippen molar-refractivity contribution < 1.29 is 4.74 Å². The van der Waals surface area contributed by atoms with Gasteiger partial charge in [-0.05, 0) is 38.1 Å². The lowest BCUT2D eigenvalue weighted by Crippen LogP contribution is -2.18. The van der Waals surface area contributed by atoms with Crippen LogP contribution >= 0.6 is 23.2 Å². The van der Waals surface area contributed by atoms with Crippen molar-refractivity contribution >= 4 is 34.2 Å². The fraction of sp³-hybridized carbons (Fsp3) is 0.316. The first-order valence-corrected chi connectivity index (χ1v) is 9.07. The quantitative estimate of drug-likeness (QED) is 0.570. The van der Waals surface area contributed by atoms with E-state index in [1.807, 2.05) is 44.2 Å². The number of nitrogens with zero attached hydrogens (tertiary/aromatic N) is 1. The lowest BCUT2D eigenvalue weighted by molar-refractivity contribution is 0.239. The molecule has 4 nitrogen and oxygen atoms in total. The van der Waals surface area contributed by atoms with Crippen LogP contribution in [0.4, 0.5) is 0 Å². The van der Waals surface area contributed by atoms with Crippen molar-refractivity contribution in [2.75, 3.05) is 6.54 Å². The van der Waals surface area contributed by atoms with E-state index in [4.69, 9.17) is 27.9 Å². The van der Waals surface area contributed by atoms with Crippen molar-refractivity contribution in [2.24, 2.45) is 0 Å². The Morgan fingerprint density at radius 3 is 2.76 bits per heavy atom. The fourth-order valence-electron chi connectivity index (χ4n) is 2.67. The number of halogens is 2.